The van der Waals surface area contributed by atoms with E-state index in [-0.39, 0.29) is 23.3 Å². The molecule has 0 aliphatic rings. The Balaban J connectivity index is 0. The molecule has 0 heterocycles. The van der Waals surface area contributed by atoms with Gasteiger partial charge in [0.25, 0.3) is 0 Å². The van der Waals surface area contributed by atoms with E-state index < -0.39 is 0 Å². The van der Waals surface area contributed by atoms with Gasteiger partial charge in [-0.2, -0.15) is 25.3 Å². The largest absolute Gasteiger partial charge is 0.399 e. The van der Waals surface area contributed by atoms with E-state index in [1.54, 1.807) is 24.3 Å². The number of hydrogen-bond donors (Lipinski definition) is 6. The summed E-state index contributed by atoms with van der Waals surface area (Å²) in [4.78, 5) is 19.0. The SMILES string of the molecule is NC(=O)CS.NC(=O)CS.Nc1ccc(N)cc1. The maximum atomic E-state index is 9.51. The summed E-state index contributed by atoms with van der Waals surface area (Å²) in [7, 11) is 0. The predicted octanol–water partition coefficient (Wildman–Crippen LogP) is -0.346. The number of thiol groups is 2. The quantitative estimate of drug-likeness (QED) is 0.327. The van der Waals surface area contributed by atoms with Crippen molar-refractivity contribution < 1.29 is 9.59 Å². The summed E-state index contributed by atoms with van der Waals surface area (Å²) in [6.07, 6.45) is 0. The molecule has 0 saturated carbocycles. The third kappa shape index (κ3) is 16.9. The van der Waals surface area contributed by atoms with Crippen molar-refractivity contribution in [1.29, 1.82) is 0 Å². The Kier molecular flexibility index (Phi) is 12.5. The fourth-order valence-electron chi connectivity index (χ4n) is 0.496. The maximum Gasteiger partial charge on any atom is 0.227 e. The van der Waals surface area contributed by atoms with Gasteiger partial charge in [0.1, 0.15) is 0 Å². The van der Waals surface area contributed by atoms with Gasteiger partial charge in [-0.1, -0.05) is 0 Å². The maximum absolute atomic E-state index is 9.51. The molecule has 1 aromatic carbocycles. The van der Waals surface area contributed by atoms with Crippen LogP contribution in [-0.4, -0.2) is 23.3 Å². The standard InChI is InChI=1S/C6H8N2.2C2H5NOS/c7-5-1-2-6(8)4-3-5;2*3-2(4)1-5/h1-4H,7-8H2;2*5H,1H2,(H2,3,4). The molecule has 0 aliphatic carbocycles. The zero-order valence-corrected chi connectivity index (χ0v) is 11.5. The van der Waals surface area contributed by atoms with Crippen LogP contribution in [0.3, 0.4) is 0 Å². The van der Waals surface area contributed by atoms with E-state index in [9.17, 15) is 9.59 Å². The molecule has 2 amide bonds. The summed E-state index contributed by atoms with van der Waals surface area (Å²) in [5.41, 5.74) is 21.4. The number of nitrogen functional groups attached to an aromatic ring is 2. The number of primary amides is 2. The second-order valence-electron chi connectivity index (χ2n) is 2.92. The minimum absolute atomic E-state index is 0.139. The molecule has 102 valence electrons. The lowest BCUT2D eigenvalue weighted by molar-refractivity contribution is -0.116. The Morgan fingerprint density at radius 1 is 0.833 bits per heavy atom. The zero-order valence-electron chi connectivity index (χ0n) is 9.74. The van der Waals surface area contributed by atoms with Gasteiger partial charge in [0.2, 0.25) is 11.8 Å². The van der Waals surface area contributed by atoms with Crippen LogP contribution in [0.5, 0.6) is 0 Å². The first-order valence-corrected chi connectivity index (χ1v) is 5.99. The fourth-order valence-corrected chi connectivity index (χ4v) is 0.496. The van der Waals surface area contributed by atoms with E-state index in [1.807, 2.05) is 0 Å². The van der Waals surface area contributed by atoms with Gasteiger partial charge in [-0.15, -0.1) is 0 Å². The number of carbonyl (C=O) groups excluding carboxylic acids is 2. The van der Waals surface area contributed by atoms with Gasteiger partial charge in [-0.05, 0) is 24.3 Å². The number of anilines is 2. The second kappa shape index (κ2) is 11.9. The average Bonchev–Trinajstić information content (AvgIpc) is 2.34. The molecule has 6 nitrogen and oxygen atoms in total. The molecule has 0 spiro atoms. The van der Waals surface area contributed by atoms with Gasteiger partial charge < -0.3 is 22.9 Å². The highest BCUT2D eigenvalue weighted by Gasteiger charge is 1.80. The van der Waals surface area contributed by atoms with Gasteiger partial charge in [-0.25, -0.2) is 0 Å². The Morgan fingerprint density at radius 2 is 1.00 bits per heavy atom. The molecule has 0 bridgehead atoms. The highest BCUT2D eigenvalue weighted by Crippen LogP contribution is 2.04. The fraction of sp³-hybridized carbons (Fsp3) is 0.200. The number of benzene rings is 1. The molecular weight excluding hydrogens is 272 g/mol. The van der Waals surface area contributed by atoms with Gasteiger partial charge in [-0.3, -0.25) is 9.59 Å². The molecular formula is C10H18N4O2S2. The lowest BCUT2D eigenvalue weighted by Crippen LogP contribution is -2.10. The van der Waals surface area contributed by atoms with Crippen LogP contribution in [0.4, 0.5) is 11.4 Å². The molecule has 1 rings (SSSR count). The van der Waals surface area contributed by atoms with Crippen molar-refractivity contribution in [2.24, 2.45) is 11.5 Å². The molecule has 0 aliphatic heterocycles. The van der Waals surface area contributed by atoms with Crippen molar-refractivity contribution in [2.45, 2.75) is 0 Å². The van der Waals surface area contributed by atoms with Crippen molar-refractivity contribution in [1.82, 2.24) is 0 Å². The van der Waals surface area contributed by atoms with Crippen LogP contribution in [0, 0.1) is 0 Å². The Labute approximate surface area is 117 Å². The Morgan fingerprint density at radius 3 is 1.11 bits per heavy atom. The van der Waals surface area contributed by atoms with Crippen LogP contribution >= 0.6 is 25.3 Å². The highest BCUT2D eigenvalue weighted by molar-refractivity contribution is 7.81. The van der Waals surface area contributed by atoms with Crippen molar-refractivity contribution in [3.05, 3.63) is 24.3 Å². The van der Waals surface area contributed by atoms with E-state index in [1.165, 1.54) is 0 Å². The predicted molar refractivity (Wildman–Crippen MR) is 81.4 cm³/mol. The molecule has 0 atom stereocenters. The summed E-state index contributed by atoms with van der Waals surface area (Å²) < 4.78 is 0. The van der Waals surface area contributed by atoms with Crippen molar-refractivity contribution in [2.75, 3.05) is 23.0 Å². The van der Waals surface area contributed by atoms with E-state index in [2.05, 4.69) is 36.7 Å². The number of carbonyl (C=O) groups is 2. The van der Waals surface area contributed by atoms with Crippen LogP contribution in [0.15, 0.2) is 24.3 Å². The van der Waals surface area contributed by atoms with Crippen LogP contribution in [0.2, 0.25) is 0 Å². The monoisotopic (exact) mass is 290 g/mol. The van der Waals surface area contributed by atoms with Crippen molar-refractivity contribution >= 4 is 48.4 Å². The zero-order chi connectivity index (χ0) is 14.6. The minimum atomic E-state index is -0.381. The molecule has 1 aromatic rings. The molecule has 0 radical (unpaired) electrons. The molecule has 0 fully saturated rings. The number of rotatable bonds is 2. The van der Waals surface area contributed by atoms with E-state index in [4.69, 9.17) is 11.5 Å². The van der Waals surface area contributed by atoms with Crippen LogP contribution < -0.4 is 22.9 Å². The number of hydrogen-bond acceptors (Lipinski definition) is 6. The first-order valence-electron chi connectivity index (χ1n) is 4.72. The number of amides is 2. The summed E-state index contributed by atoms with van der Waals surface area (Å²) in [6, 6.07) is 7.09. The molecule has 8 heteroatoms. The van der Waals surface area contributed by atoms with Gasteiger partial charge in [0, 0.05) is 11.4 Å². The van der Waals surface area contributed by atoms with E-state index in [0.29, 0.717) is 0 Å². The lowest BCUT2D eigenvalue weighted by Gasteiger charge is -1.90. The average molecular weight is 290 g/mol. The third-order valence-electron chi connectivity index (χ3n) is 1.25. The van der Waals surface area contributed by atoms with Gasteiger partial charge >= 0.3 is 0 Å². The van der Waals surface area contributed by atoms with Crippen LogP contribution in [0.1, 0.15) is 0 Å². The molecule has 18 heavy (non-hydrogen) atoms. The topological polar surface area (TPSA) is 138 Å². The molecule has 0 aromatic heterocycles. The summed E-state index contributed by atoms with van der Waals surface area (Å²) in [5, 5.41) is 0. The van der Waals surface area contributed by atoms with Crippen molar-refractivity contribution in [3.8, 4) is 0 Å². The van der Waals surface area contributed by atoms with Gasteiger partial charge in [0.15, 0.2) is 0 Å². The summed E-state index contributed by atoms with van der Waals surface area (Å²) in [5.74, 6) is -0.485. The van der Waals surface area contributed by atoms with Crippen LogP contribution in [0.25, 0.3) is 0 Å². The Bertz CT molecular complexity index is 322. The highest BCUT2D eigenvalue weighted by atomic mass is 32.1. The van der Waals surface area contributed by atoms with E-state index in [0.717, 1.165) is 11.4 Å². The first-order chi connectivity index (χ1) is 8.33. The summed E-state index contributed by atoms with van der Waals surface area (Å²) >= 11 is 7.08. The smallest absolute Gasteiger partial charge is 0.227 e. The van der Waals surface area contributed by atoms with Gasteiger partial charge in [0.05, 0.1) is 11.5 Å². The lowest BCUT2D eigenvalue weighted by atomic mass is 10.3. The first kappa shape index (κ1) is 18.8. The van der Waals surface area contributed by atoms with Crippen LogP contribution in [-0.2, 0) is 9.59 Å². The Hall–Kier alpha value is -1.54. The molecule has 8 N–H and O–H groups in total. The van der Waals surface area contributed by atoms with E-state index >= 15 is 0 Å². The molecule has 0 saturated heterocycles. The minimum Gasteiger partial charge on any atom is -0.399 e. The summed E-state index contributed by atoms with van der Waals surface area (Å²) in [6.45, 7) is 0. The normalized spacial score (nSPS) is 8.11. The third-order valence-corrected chi connectivity index (χ3v) is 1.87. The second-order valence-corrected chi connectivity index (χ2v) is 3.55. The number of nitrogens with two attached hydrogens (primary N) is 4. The molecule has 0 unspecified atom stereocenters. The van der Waals surface area contributed by atoms with Crippen molar-refractivity contribution in [3.63, 3.8) is 0 Å².